The van der Waals surface area contributed by atoms with E-state index in [1.54, 1.807) is 0 Å². The first kappa shape index (κ1) is 8.86. The summed E-state index contributed by atoms with van der Waals surface area (Å²) in [5.41, 5.74) is 0. The first-order chi connectivity index (χ1) is 5.20. The fourth-order valence-electron chi connectivity index (χ4n) is 1.03. The molecule has 0 aromatic rings. The van der Waals surface area contributed by atoms with Gasteiger partial charge in [-0.3, -0.25) is 0 Å². The number of ether oxygens (including phenoxy) is 2. The fourth-order valence-corrected chi connectivity index (χ4v) is 1.03. The Morgan fingerprint density at radius 3 is 2.55 bits per heavy atom. The number of hydrogen-bond acceptors (Lipinski definition) is 4. The van der Waals surface area contributed by atoms with Crippen LogP contribution < -0.4 is 0 Å². The number of halogens is 1. The molecule has 1 heterocycles. The van der Waals surface area contributed by atoms with E-state index in [1.165, 1.54) is 7.11 Å². The molecule has 0 saturated carbocycles. The number of methoxy groups -OCH3 is 1. The summed E-state index contributed by atoms with van der Waals surface area (Å²) >= 11 is 0. The first-order valence-electron chi connectivity index (χ1n) is 3.32. The second-order valence-corrected chi connectivity index (χ2v) is 2.40. The molecule has 1 aliphatic heterocycles. The molecular formula is C6H11FO4. The SMILES string of the molecule is CO[C@H]1O[C@@H](CO)[C@H](O)[C@H]1F. The standard InChI is InChI=1S/C6H11FO4/c1-10-6-4(7)5(9)3(2-8)11-6/h3-6,8-9H,2H2,1H3/t3-,4+,5-,6-/m0/s1. The van der Waals surface area contributed by atoms with Crippen molar-refractivity contribution in [2.45, 2.75) is 24.7 Å². The first-order valence-corrected chi connectivity index (χ1v) is 3.32. The Hall–Kier alpha value is -0.230. The van der Waals surface area contributed by atoms with Crippen molar-refractivity contribution in [3.8, 4) is 0 Å². The number of hydrogen-bond donors (Lipinski definition) is 2. The van der Waals surface area contributed by atoms with E-state index in [4.69, 9.17) is 14.9 Å². The second kappa shape index (κ2) is 3.44. The topological polar surface area (TPSA) is 58.9 Å². The molecule has 1 fully saturated rings. The zero-order chi connectivity index (χ0) is 8.43. The predicted octanol–water partition coefficient (Wildman–Crippen LogP) is -0.951. The van der Waals surface area contributed by atoms with Crippen LogP contribution in [0.4, 0.5) is 4.39 Å². The molecule has 5 heteroatoms. The third-order valence-electron chi connectivity index (χ3n) is 1.69. The summed E-state index contributed by atoms with van der Waals surface area (Å²) in [4.78, 5) is 0. The second-order valence-electron chi connectivity index (χ2n) is 2.40. The molecule has 0 aromatic carbocycles. The third-order valence-corrected chi connectivity index (χ3v) is 1.69. The minimum absolute atomic E-state index is 0.401. The highest BCUT2D eigenvalue weighted by Gasteiger charge is 2.43. The zero-order valence-corrected chi connectivity index (χ0v) is 6.11. The molecule has 0 bridgehead atoms. The summed E-state index contributed by atoms with van der Waals surface area (Å²) in [6, 6.07) is 0. The van der Waals surface area contributed by atoms with Crippen LogP contribution in [0, 0.1) is 0 Å². The van der Waals surface area contributed by atoms with Crippen LogP contribution in [0.1, 0.15) is 0 Å². The Morgan fingerprint density at radius 2 is 2.27 bits per heavy atom. The van der Waals surface area contributed by atoms with Gasteiger partial charge in [0, 0.05) is 7.11 Å². The third kappa shape index (κ3) is 1.51. The van der Waals surface area contributed by atoms with Gasteiger partial charge in [0.05, 0.1) is 6.61 Å². The molecule has 4 nitrogen and oxygen atoms in total. The van der Waals surface area contributed by atoms with Crippen LogP contribution in [-0.2, 0) is 9.47 Å². The maximum Gasteiger partial charge on any atom is 0.191 e. The molecular weight excluding hydrogens is 155 g/mol. The van der Waals surface area contributed by atoms with E-state index in [-0.39, 0.29) is 0 Å². The fraction of sp³-hybridized carbons (Fsp3) is 1.00. The number of rotatable bonds is 2. The van der Waals surface area contributed by atoms with E-state index in [1.807, 2.05) is 0 Å². The molecule has 0 spiro atoms. The lowest BCUT2D eigenvalue weighted by molar-refractivity contribution is -0.141. The van der Waals surface area contributed by atoms with Gasteiger partial charge in [-0.2, -0.15) is 0 Å². The highest BCUT2D eigenvalue weighted by Crippen LogP contribution is 2.23. The maximum absolute atomic E-state index is 12.8. The largest absolute Gasteiger partial charge is 0.394 e. The molecule has 1 rings (SSSR count). The molecule has 2 N–H and O–H groups in total. The van der Waals surface area contributed by atoms with Crippen molar-refractivity contribution in [2.24, 2.45) is 0 Å². The Kier molecular flexibility index (Phi) is 2.78. The van der Waals surface area contributed by atoms with Crippen molar-refractivity contribution in [2.75, 3.05) is 13.7 Å². The Balaban J connectivity index is 2.53. The predicted molar refractivity (Wildman–Crippen MR) is 33.7 cm³/mol. The van der Waals surface area contributed by atoms with Gasteiger partial charge < -0.3 is 19.7 Å². The quantitative estimate of drug-likeness (QED) is 0.555. The molecule has 0 aromatic heterocycles. The molecule has 1 aliphatic rings. The molecule has 0 unspecified atom stereocenters. The normalized spacial score (nSPS) is 44.7. The lowest BCUT2D eigenvalue weighted by atomic mass is 10.2. The minimum atomic E-state index is -1.57. The van der Waals surface area contributed by atoms with Crippen LogP contribution >= 0.6 is 0 Å². The van der Waals surface area contributed by atoms with Crippen LogP contribution in [0.2, 0.25) is 0 Å². The van der Waals surface area contributed by atoms with Gasteiger partial charge in [-0.15, -0.1) is 0 Å². The highest BCUT2D eigenvalue weighted by molar-refractivity contribution is 4.86. The van der Waals surface area contributed by atoms with E-state index in [9.17, 15) is 4.39 Å². The summed E-state index contributed by atoms with van der Waals surface area (Å²) in [5.74, 6) is 0. The zero-order valence-electron chi connectivity index (χ0n) is 6.11. The number of aliphatic hydroxyl groups is 2. The van der Waals surface area contributed by atoms with Gasteiger partial charge in [0.15, 0.2) is 12.5 Å². The number of aliphatic hydroxyl groups excluding tert-OH is 2. The Labute approximate surface area is 63.5 Å². The van der Waals surface area contributed by atoms with Crippen LogP contribution in [0.15, 0.2) is 0 Å². The lowest BCUT2D eigenvalue weighted by Gasteiger charge is -2.09. The average Bonchev–Trinajstić information content (AvgIpc) is 2.30. The summed E-state index contributed by atoms with van der Waals surface area (Å²) in [6.45, 7) is -0.401. The van der Waals surface area contributed by atoms with Crippen LogP contribution in [0.3, 0.4) is 0 Å². The van der Waals surface area contributed by atoms with Crippen molar-refractivity contribution in [1.29, 1.82) is 0 Å². The van der Waals surface area contributed by atoms with Gasteiger partial charge in [-0.05, 0) is 0 Å². The van der Waals surface area contributed by atoms with E-state index < -0.39 is 31.3 Å². The summed E-state index contributed by atoms with van der Waals surface area (Å²) in [6.07, 6.45) is -4.78. The summed E-state index contributed by atoms with van der Waals surface area (Å²) in [5, 5.41) is 17.6. The average molecular weight is 166 g/mol. The molecule has 0 aliphatic carbocycles. The van der Waals surface area contributed by atoms with Gasteiger partial charge in [-0.25, -0.2) is 4.39 Å². The minimum Gasteiger partial charge on any atom is -0.394 e. The van der Waals surface area contributed by atoms with Gasteiger partial charge in [0.25, 0.3) is 0 Å². The van der Waals surface area contributed by atoms with Crippen molar-refractivity contribution in [1.82, 2.24) is 0 Å². The Bertz CT molecular complexity index is 114. The van der Waals surface area contributed by atoms with Crippen molar-refractivity contribution < 1.29 is 24.1 Å². The van der Waals surface area contributed by atoms with Crippen molar-refractivity contribution in [3.63, 3.8) is 0 Å². The van der Waals surface area contributed by atoms with E-state index in [0.717, 1.165) is 0 Å². The molecule has 4 atom stereocenters. The molecule has 0 amide bonds. The highest BCUT2D eigenvalue weighted by atomic mass is 19.1. The maximum atomic E-state index is 12.8. The van der Waals surface area contributed by atoms with E-state index in [2.05, 4.69) is 4.74 Å². The summed E-state index contributed by atoms with van der Waals surface area (Å²) in [7, 11) is 1.28. The van der Waals surface area contributed by atoms with Gasteiger partial charge >= 0.3 is 0 Å². The van der Waals surface area contributed by atoms with Crippen molar-refractivity contribution in [3.05, 3.63) is 0 Å². The van der Waals surface area contributed by atoms with Gasteiger partial charge in [-0.1, -0.05) is 0 Å². The van der Waals surface area contributed by atoms with Crippen LogP contribution in [0.25, 0.3) is 0 Å². The monoisotopic (exact) mass is 166 g/mol. The van der Waals surface area contributed by atoms with E-state index >= 15 is 0 Å². The van der Waals surface area contributed by atoms with Gasteiger partial charge in [0.2, 0.25) is 0 Å². The molecule has 0 radical (unpaired) electrons. The molecule has 1 saturated heterocycles. The number of alkyl halides is 1. The Morgan fingerprint density at radius 1 is 1.64 bits per heavy atom. The lowest BCUT2D eigenvalue weighted by Crippen LogP contribution is -2.31. The van der Waals surface area contributed by atoms with E-state index in [0.29, 0.717) is 0 Å². The smallest absolute Gasteiger partial charge is 0.191 e. The van der Waals surface area contributed by atoms with Crippen LogP contribution in [-0.4, -0.2) is 48.6 Å². The molecule has 66 valence electrons. The summed E-state index contributed by atoms with van der Waals surface area (Å²) < 4.78 is 22.2. The van der Waals surface area contributed by atoms with Crippen LogP contribution in [0.5, 0.6) is 0 Å². The van der Waals surface area contributed by atoms with Gasteiger partial charge in [0.1, 0.15) is 12.2 Å². The van der Waals surface area contributed by atoms with Crippen molar-refractivity contribution >= 4 is 0 Å². The molecule has 11 heavy (non-hydrogen) atoms.